The summed E-state index contributed by atoms with van der Waals surface area (Å²) in [5.41, 5.74) is 2.30. The molecule has 1 amide bonds. The van der Waals surface area contributed by atoms with Gasteiger partial charge in [0.2, 0.25) is 0 Å². The van der Waals surface area contributed by atoms with Crippen molar-refractivity contribution in [2.24, 2.45) is 0 Å². The molecule has 2 radical (unpaired) electrons. The van der Waals surface area contributed by atoms with Gasteiger partial charge in [0, 0.05) is 19.2 Å². The van der Waals surface area contributed by atoms with Crippen molar-refractivity contribution in [2.75, 3.05) is 7.05 Å². The van der Waals surface area contributed by atoms with Gasteiger partial charge in [0.1, 0.15) is 7.85 Å². The number of nitrogens with zero attached hydrogens (tertiary/aromatic N) is 1. The van der Waals surface area contributed by atoms with Gasteiger partial charge in [0.25, 0.3) is 5.91 Å². The van der Waals surface area contributed by atoms with E-state index in [4.69, 9.17) is 7.85 Å². The van der Waals surface area contributed by atoms with Gasteiger partial charge in [0.15, 0.2) is 0 Å². The monoisotopic (exact) mass is 157 g/mol. The molecule has 12 heavy (non-hydrogen) atoms. The average Bonchev–Trinajstić information content (AvgIpc) is 2.29. The number of fused-ring (bicyclic) bond motifs is 1. The molecule has 1 aliphatic rings. The SMILES string of the molecule is [B]c1cccc2c1C(=O)N(C)C2. The third-order valence-corrected chi connectivity index (χ3v) is 2.15. The smallest absolute Gasteiger partial charge is 0.253 e. The number of carbonyl (C=O) groups excluding carboxylic acids is 1. The second-order valence-corrected chi connectivity index (χ2v) is 3.04. The van der Waals surface area contributed by atoms with Gasteiger partial charge in [-0.1, -0.05) is 23.7 Å². The summed E-state index contributed by atoms with van der Waals surface area (Å²) in [6, 6.07) is 5.57. The van der Waals surface area contributed by atoms with Crippen LogP contribution in [-0.4, -0.2) is 25.7 Å². The van der Waals surface area contributed by atoms with Crippen molar-refractivity contribution < 1.29 is 4.79 Å². The maximum atomic E-state index is 11.5. The Labute approximate surface area is 72.6 Å². The molecule has 3 heteroatoms. The molecular formula is C9H8BNO. The predicted molar refractivity (Wildman–Crippen MR) is 47.6 cm³/mol. The Bertz CT molecular complexity index is 348. The van der Waals surface area contributed by atoms with Crippen LogP contribution in [0.15, 0.2) is 18.2 Å². The van der Waals surface area contributed by atoms with Crippen molar-refractivity contribution in [3.8, 4) is 0 Å². The predicted octanol–water partition coefficient (Wildman–Crippen LogP) is 0.0660. The molecule has 0 saturated carbocycles. The van der Waals surface area contributed by atoms with Crippen LogP contribution in [0.3, 0.4) is 0 Å². The first-order chi connectivity index (χ1) is 5.70. The Morgan fingerprint density at radius 2 is 2.25 bits per heavy atom. The molecule has 0 spiro atoms. The summed E-state index contributed by atoms with van der Waals surface area (Å²) >= 11 is 0. The first kappa shape index (κ1) is 7.41. The van der Waals surface area contributed by atoms with Gasteiger partial charge in [-0.2, -0.15) is 0 Å². The second kappa shape index (κ2) is 2.37. The van der Waals surface area contributed by atoms with Crippen LogP contribution in [-0.2, 0) is 6.54 Å². The Morgan fingerprint density at radius 1 is 1.50 bits per heavy atom. The molecule has 1 aliphatic heterocycles. The lowest BCUT2D eigenvalue weighted by Crippen LogP contribution is -2.22. The van der Waals surface area contributed by atoms with Crippen molar-refractivity contribution >= 4 is 19.2 Å². The van der Waals surface area contributed by atoms with Crippen LogP contribution in [0.2, 0.25) is 0 Å². The summed E-state index contributed by atoms with van der Waals surface area (Å²) in [5.74, 6) is 0.0306. The molecule has 1 aromatic rings. The van der Waals surface area contributed by atoms with E-state index in [1.165, 1.54) is 0 Å². The fourth-order valence-electron chi connectivity index (χ4n) is 1.53. The van der Waals surface area contributed by atoms with Crippen LogP contribution in [0.4, 0.5) is 0 Å². The highest BCUT2D eigenvalue weighted by molar-refractivity contribution is 6.37. The van der Waals surface area contributed by atoms with E-state index >= 15 is 0 Å². The molecule has 0 unspecified atom stereocenters. The first-order valence-electron chi connectivity index (χ1n) is 3.83. The molecule has 0 atom stereocenters. The van der Waals surface area contributed by atoms with Crippen molar-refractivity contribution in [3.05, 3.63) is 29.3 Å². The number of carbonyl (C=O) groups is 1. The number of rotatable bonds is 0. The van der Waals surface area contributed by atoms with Crippen molar-refractivity contribution in [3.63, 3.8) is 0 Å². The summed E-state index contributed by atoms with van der Waals surface area (Å²) in [5, 5.41) is 0. The highest BCUT2D eigenvalue weighted by Gasteiger charge is 2.24. The van der Waals surface area contributed by atoms with Crippen molar-refractivity contribution in [2.45, 2.75) is 6.54 Å². The van der Waals surface area contributed by atoms with Gasteiger partial charge < -0.3 is 4.90 Å². The lowest BCUT2D eigenvalue weighted by Gasteiger charge is -2.05. The van der Waals surface area contributed by atoms with Crippen LogP contribution in [0.25, 0.3) is 0 Å². The molecule has 58 valence electrons. The molecule has 0 bridgehead atoms. The van der Waals surface area contributed by atoms with Crippen LogP contribution < -0.4 is 5.46 Å². The molecule has 2 nitrogen and oxygen atoms in total. The third-order valence-electron chi connectivity index (χ3n) is 2.15. The first-order valence-corrected chi connectivity index (χ1v) is 3.83. The van der Waals surface area contributed by atoms with E-state index in [0.717, 1.165) is 5.56 Å². The molecule has 0 aliphatic carbocycles. The summed E-state index contributed by atoms with van der Waals surface area (Å²) in [4.78, 5) is 13.1. The van der Waals surface area contributed by atoms with E-state index in [1.54, 1.807) is 18.0 Å². The molecule has 0 aromatic heterocycles. The van der Waals surface area contributed by atoms with E-state index in [0.29, 0.717) is 17.6 Å². The lowest BCUT2D eigenvalue weighted by molar-refractivity contribution is 0.0817. The summed E-state index contributed by atoms with van der Waals surface area (Å²) < 4.78 is 0. The zero-order valence-electron chi connectivity index (χ0n) is 6.87. The zero-order valence-corrected chi connectivity index (χ0v) is 6.87. The minimum atomic E-state index is 0.0306. The Balaban J connectivity index is 2.62. The van der Waals surface area contributed by atoms with E-state index in [9.17, 15) is 4.79 Å². The molecule has 0 fully saturated rings. The van der Waals surface area contributed by atoms with E-state index < -0.39 is 0 Å². The lowest BCUT2D eigenvalue weighted by atomic mass is 9.89. The summed E-state index contributed by atoms with van der Waals surface area (Å²) in [7, 11) is 7.46. The molecule has 2 rings (SSSR count). The fourth-order valence-corrected chi connectivity index (χ4v) is 1.53. The van der Waals surface area contributed by atoms with Gasteiger partial charge in [-0.05, 0) is 5.56 Å². The maximum absolute atomic E-state index is 11.5. The number of amides is 1. The normalized spacial score (nSPS) is 15.1. The number of hydrogen-bond acceptors (Lipinski definition) is 1. The standard InChI is InChI=1S/C9H8BNO/c1-11-5-6-3-2-4-7(10)8(6)9(11)12/h2-4H,5H2,1H3. The fraction of sp³-hybridized carbons (Fsp3) is 0.222. The second-order valence-electron chi connectivity index (χ2n) is 3.04. The van der Waals surface area contributed by atoms with Crippen LogP contribution in [0.1, 0.15) is 15.9 Å². The van der Waals surface area contributed by atoms with Crippen molar-refractivity contribution in [1.29, 1.82) is 0 Å². The van der Waals surface area contributed by atoms with Gasteiger partial charge in [-0.15, -0.1) is 0 Å². The van der Waals surface area contributed by atoms with Crippen LogP contribution in [0.5, 0.6) is 0 Å². The zero-order chi connectivity index (χ0) is 8.72. The number of hydrogen-bond donors (Lipinski definition) is 0. The van der Waals surface area contributed by atoms with E-state index in [-0.39, 0.29) is 5.91 Å². The van der Waals surface area contributed by atoms with E-state index in [2.05, 4.69) is 0 Å². The third kappa shape index (κ3) is 0.859. The van der Waals surface area contributed by atoms with Crippen molar-refractivity contribution in [1.82, 2.24) is 4.90 Å². The van der Waals surface area contributed by atoms with Gasteiger partial charge in [-0.3, -0.25) is 4.79 Å². The molecule has 1 heterocycles. The minimum Gasteiger partial charge on any atom is -0.337 e. The summed E-state index contributed by atoms with van der Waals surface area (Å²) in [6.45, 7) is 0.680. The summed E-state index contributed by atoms with van der Waals surface area (Å²) in [6.07, 6.45) is 0. The Hall–Kier alpha value is -1.25. The molecule has 1 aromatic carbocycles. The maximum Gasteiger partial charge on any atom is 0.253 e. The molecule has 0 N–H and O–H groups in total. The number of benzene rings is 1. The molecular weight excluding hydrogens is 149 g/mol. The highest BCUT2D eigenvalue weighted by Crippen LogP contribution is 2.18. The topological polar surface area (TPSA) is 20.3 Å². The average molecular weight is 157 g/mol. The van der Waals surface area contributed by atoms with Gasteiger partial charge in [-0.25, -0.2) is 0 Å². The minimum absolute atomic E-state index is 0.0306. The van der Waals surface area contributed by atoms with Gasteiger partial charge in [0.05, 0.1) is 0 Å². The van der Waals surface area contributed by atoms with E-state index in [1.807, 2.05) is 12.1 Å². The largest absolute Gasteiger partial charge is 0.337 e. The molecule has 0 saturated heterocycles. The van der Waals surface area contributed by atoms with Crippen LogP contribution in [0, 0.1) is 0 Å². The Morgan fingerprint density at radius 3 is 2.92 bits per heavy atom. The quantitative estimate of drug-likeness (QED) is 0.488. The van der Waals surface area contributed by atoms with Gasteiger partial charge >= 0.3 is 0 Å². The Kier molecular flexibility index (Phi) is 1.46. The van der Waals surface area contributed by atoms with Crippen LogP contribution >= 0.6 is 0 Å². The highest BCUT2D eigenvalue weighted by atomic mass is 16.2.